The van der Waals surface area contributed by atoms with E-state index in [2.05, 4.69) is 11.4 Å². The van der Waals surface area contributed by atoms with Gasteiger partial charge in [-0.1, -0.05) is 24.3 Å². The summed E-state index contributed by atoms with van der Waals surface area (Å²) < 4.78 is 15.4. The molecule has 1 aliphatic rings. The number of benzene rings is 2. The number of carbonyl (C=O) groups excluding carboxylic acids is 2. The molecule has 0 heterocycles. The van der Waals surface area contributed by atoms with Gasteiger partial charge >= 0.3 is 5.97 Å². The van der Waals surface area contributed by atoms with Crippen molar-refractivity contribution in [3.05, 3.63) is 59.2 Å². The van der Waals surface area contributed by atoms with Gasteiger partial charge in [-0.2, -0.15) is 0 Å². The van der Waals surface area contributed by atoms with Crippen LogP contribution in [0.2, 0.25) is 0 Å². The minimum atomic E-state index is -0.605. The van der Waals surface area contributed by atoms with Crippen LogP contribution in [0.25, 0.3) is 0 Å². The smallest absolute Gasteiger partial charge is 0.338 e. The van der Waals surface area contributed by atoms with Crippen LogP contribution in [-0.4, -0.2) is 32.7 Å². The van der Waals surface area contributed by atoms with Crippen LogP contribution in [0.3, 0.4) is 0 Å². The monoisotopic (exact) mass is 369 g/mol. The van der Waals surface area contributed by atoms with Gasteiger partial charge in [0.1, 0.15) is 11.5 Å². The van der Waals surface area contributed by atoms with Gasteiger partial charge in [0.05, 0.1) is 25.8 Å². The Labute approximate surface area is 158 Å². The lowest BCUT2D eigenvalue weighted by molar-refractivity contribution is -0.125. The number of methoxy groups -OCH3 is 2. The van der Waals surface area contributed by atoms with Crippen molar-refractivity contribution in [2.24, 2.45) is 0 Å². The number of hydrogen-bond acceptors (Lipinski definition) is 5. The maximum absolute atomic E-state index is 12.3. The molecule has 0 aliphatic heterocycles. The summed E-state index contributed by atoms with van der Waals surface area (Å²) >= 11 is 0. The number of rotatable bonds is 6. The number of hydrogen-bond donors (Lipinski definition) is 1. The van der Waals surface area contributed by atoms with Crippen molar-refractivity contribution in [3.63, 3.8) is 0 Å². The third-order valence-corrected chi connectivity index (χ3v) is 4.63. The maximum atomic E-state index is 12.3. The lowest BCUT2D eigenvalue weighted by Crippen LogP contribution is -2.34. The molecule has 0 bridgehead atoms. The second-order valence-corrected chi connectivity index (χ2v) is 6.39. The summed E-state index contributed by atoms with van der Waals surface area (Å²) in [7, 11) is 3.00. The highest BCUT2D eigenvalue weighted by atomic mass is 16.5. The molecule has 0 saturated carbocycles. The van der Waals surface area contributed by atoms with E-state index in [9.17, 15) is 9.59 Å². The molecule has 27 heavy (non-hydrogen) atoms. The zero-order valence-corrected chi connectivity index (χ0v) is 15.5. The number of carbonyl (C=O) groups is 2. The van der Waals surface area contributed by atoms with E-state index in [1.807, 2.05) is 18.2 Å². The summed E-state index contributed by atoms with van der Waals surface area (Å²) in [5, 5.41) is 2.96. The Morgan fingerprint density at radius 3 is 2.48 bits per heavy atom. The van der Waals surface area contributed by atoms with E-state index >= 15 is 0 Å². The molecule has 0 radical (unpaired) electrons. The first kappa shape index (κ1) is 18.8. The topological polar surface area (TPSA) is 73.9 Å². The second kappa shape index (κ2) is 8.58. The van der Waals surface area contributed by atoms with Gasteiger partial charge in [-0.3, -0.25) is 4.79 Å². The predicted octanol–water partition coefficient (Wildman–Crippen LogP) is 3.05. The number of ether oxygens (including phenoxy) is 3. The fourth-order valence-corrected chi connectivity index (χ4v) is 3.28. The SMILES string of the molecule is COc1cc(OC)cc(C(=O)OCC(=O)N[C@@H]2CCCc3ccccc32)c1. The summed E-state index contributed by atoms with van der Waals surface area (Å²) in [4.78, 5) is 24.5. The van der Waals surface area contributed by atoms with E-state index in [1.54, 1.807) is 18.2 Å². The van der Waals surface area contributed by atoms with E-state index in [-0.39, 0.29) is 24.1 Å². The van der Waals surface area contributed by atoms with E-state index in [0.717, 1.165) is 24.8 Å². The van der Waals surface area contributed by atoms with Crippen LogP contribution >= 0.6 is 0 Å². The molecule has 0 unspecified atom stereocenters. The van der Waals surface area contributed by atoms with Crippen molar-refractivity contribution in [2.75, 3.05) is 20.8 Å². The number of esters is 1. The minimum absolute atomic E-state index is 0.0435. The van der Waals surface area contributed by atoms with Gasteiger partial charge in [-0.15, -0.1) is 0 Å². The second-order valence-electron chi connectivity index (χ2n) is 6.39. The molecular weight excluding hydrogens is 346 g/mol. The molecule has 142 valence electrons. The fraction of sp³-hybridized carbons (Fsp3) is 0.333. The van der Waals surface area contributed by atoms with Crippen molar-refractivity contribution in [2.45, 2.75) is 25.3 Å². The van der Waals surface area contributed by atoms with Crippen molar-refractivity contribution in [3.8, 4) is 11.5 Å². The first-order valence-corrected chi connectivity index (χ1v) is 8.88. The molecule has 0 aromatic heterocycles. The fourth-order valence-electron chi connectivity index (χ4n) is 3.28. The Balaban J connectivity index is 1.59. The van der Waals surface area contributed by atoms with Crippen LogP contribution in [-0.2, 0) is 16.0 Å². The first-order valence-electron chi connectivity index (χ1n) is 8.88. The number of aryl methyl sites for hydroxylation is 1. The molecule has 0 saturated heterocycles. The molecule has 1 aliphatic carbocycles. The Morgan fingerprint density at radius 2 is 1.78 bits per heavy atom. The Bertz CT molecular complexity index is 811. The van der Waals surface area contributed by atoms with Crippen molar-refractivity contribution < 1.29 is 23.8 Å². The zero-order chi connectivity index (χ0) is 19.2. The largest absolute Gasteiger partial charge is 0.497 e. The van der Waals surface area contributed by atoms with E-state index < -0.39 is 5.97 Å². The van der Waals surface area contributed by atoms with Gasteiger partial charge in [0.25, 0.3) is 5.91 Å². The van der Waals surface area contributed by atoms with Crippen LogP contribution in [0.4, 0.5) is 0 Å². The van der Waals surface area contributed by atoms with Crippen LogP contribution < -0.4 is 14.8 Å². The first-order chi connectivity index (χ1) is 13.1. The molecule has 3 rings (SSSR count). The molecule has 6 nitrogen and oxygen atoms in total. The van der Waals surface area contributed by atoms with Crippen LogP contribution in [0.15, 0.2) is 42.5 Å². The highest BCUT2D eigenvalue weighted by Crippen LogP contribution is 2.29. The standard InChI is InChI=1S/C21H23NO5/c1-25-16-10-15(11-17(12-16)26-2)21(24)27-13-20(23)22-19-9-5-7-14-6-3-4-8-18(14)19/h3-4,6,8,10-12,19H,5,7,9,13H2,1-2H3,(H,22,23)/t19-/m1/s1. The molecule has 0 spiro atoms. The molecular formula is C21H23NO5. The Hall–Kier alpha value is -3.02. The summed E-state index contributed by atoms with van der Waals surface area (Å²) in [5.74, 6) is 0.0282. The van der Waals surface area contributed by atoms with Crippen molar-refractivity contribution >= 4 is 11.9 Å². The van der Waals surface area contributed by atoms with Crippen LogP contribution in [0.1, 0.15) is 40.4 Å². The number of nitrogens with one attached hydrogen (secondary N) is 1. The van der Waals surface area contributed by atoms with Crippen LogP contribution in [0.5, 0.6) is 11.5 Å². The van der Waals surface area contributed by atoms with Gasteiger partial charge in [0.2, 0.25) is 0 Å². The normalized spacial score (nSPS) is 15.4. The third kappa shape index (κ3) is 4.58. The quantitative estimate of drug-likeness (QED) is 0.792. The van der Waals surface area contributed by atoms with Gasteiger partial charge < -0.3 is 19.5 Å². The summed E-state index contributed by atoms with van der Waals surface area (Å²) in [6.07, 6.45) is 2.92. The molecule has 2 aromatic carbocycles. The number of fused-ring (bicyclic) bond motifs is 1. The molecule has 1 amide bonds. The highest BCUT2D eigenvalue weighted by molar-refractivity contribution is 5.92. The molecule has 0 fully saturated rings. The third-order valence-electron chi connectivity index (χ3n) is 4.63. The minimum Gasteiger partial charge on any atom is -0.497 e. The molecule has 1 atom stereocenters. The van der Waals surface area contributed by atoms with E-state index in [1.165, 1.54) is 19.8 Å². The van der Waals surface area contributed by atoms with Crippen molar-refractivity contribution in [1.29, 1.82) is 0 Å². The van der Waals surface area contributed by atoms with Gasteiger partial charge in [0.15, 0.2) is 6.61 Å². The molecule has 1 N–H and O–H groups in total. The highest BCUT2D eigenvalue weighted by Gasteiger charge is 2.22. The summed E-state index contributed by atoms with van der Waals surface area (Å²) in [5.41, 5.74) is 2.66. The molecule has 6 heteroatoms. The lowest BCUT2D eigenvalue weighted by Gasteiger charge is -2.26. The Kier molecular flexibility index (Phi) is 5.96. The van der Waals surface area contributed by atoms with E-state index in [4.69, 9.17) is 14.2 Å². The van der Waals surface area contributed by atoms with E-state index in [0.29, 0.717) is 11.5 Å². The predicted molar refractivity (Wildman–Crippen MR) is 100 cm³/mol. The average molecular weight is 369 g/mol. The van der Waals surface area contributed by atoms with Gasteiger partial charge in [0, 0.05) is 6.07 Å². The molecule has 2 aromatic rings. The summed E-state index contributed by atoms with van der Waals surface area (Å²) in [6, 6.07) is 12.8. The maximum Gasteiger partial charge on any atom is 0.338 e. The van der Waals surface area contributed by atoms with Crippen molar-refractivity contribution in [1.82, 2.24) is 5.32 Å². The zero-order valence-electron chi connectivity index (χ0n) is 15.5. The van der Waals surface area contributed by atoms with Gasteiger partial charge in [-0.25, -0.2) is 4.79 Å². The van der Waals surface area contributed by atoms with Crippen LogP contribution in [0, 0.1) is 0 Å². The Morgan fingerprint density at radius 1 is 1.07 bits per heavy atom. The summed E-state index contributed by atoms with van der Waals surface area (Å²) in [6.45, 7) is -0.336. The lowest BCUT2D eigenvalue weighted by atomic mass is 9.88. The average Bonchev–Trinajstić information content (AvgIpc) is 2.71. The van der Waals surface area contributed by atoms with Gasteiger partial charge in [-0.05, 0) is 42.5 Å². The number of amides is 1.